The van der Waals surface area contributed by atoms with Crippen LogP contribution < -0.4 is 4.90 Å². The molecular formula is C24H29N5O2. The Labute approximate surface area is 183 Å². The molecule has 2 aromatic carbocycles. The van der Waals surface area contributed by atoms with Gasteiger partial charge in [-0.2, -0.15) is 4.98 Å². The van der Waals surface area contributed by atoms with Gasteiger partial charge in [-0.25, -0.2) is 0 Å². The van der Waals surface area contributed by atoms with E-state index in [1.807, 2.05) is 78.5 Å². The Morgan fingerprint density at radius 1 is 1.06 bits per heavy atom. The molecule has 2 heterocycles. The van der Waals surface area contributed by atoms with E-state index < -0.39 is 0 Å². The number of carbonyl (C=O) groups is 1. The third kappa shape index (κ3) is 4.46. The van der Waals surface area contributed by atoms with Crippen LogP contribution in [0.5, 0.6) is 0 Å². The number of anilines is 1. The average molecular weight is 420 g/mol. The summed E-state index contributed by atoms with van der Waals surface area (Å²) in [5.41, 5.74) is 2.68. The van der Waals surface area contributed by atoms with Crippen LogP contribution in [0.15, 0.2) is 59.1 Å². The lowest BCUT2D eigenvalue weighted by Gasteiger charge is -2.41. The van der Waals surface area contributed by atoms with Gasteiger partial charge in [-0.1, -0.05) is 35.5 Å². The van der Waals surface area contributed by atoms with Gasteiger partial charge in [-0.15, -0.1) is 0 Å². The van der Waals surface area contributed by atoms with Gasteiger partial charge in [0.05, 0.1) is 0 Å². The van der Waals surface area contributed by atoms with E-state index in [0.717, 1.165) is 17.8 Å². The molecule has 7 heteroatoms. The van der Waals surface area contributed by atoms with E-state index in [9.17, 15) is 4.79 Å². The van der Waals surface area contributed by atoms with Crippen molar-refractivity contribution < 1.29 is 9.32 Å². The first-order chi connectivity index (χ1) is 14.9. The highest BCUT2D eigenvalue weighted by atomic mass is 16.5. The zero-order chi connectivity index (χ0) is 22.0. The Bertz CT molecular complexity index is 1010. The van der Waals surface area contributed by atoms with Gasteiger partial charge in [0.25, 0.3) is 5.91 Å². The largest absolute Gasteiger partial charge is 0.378 e. The van der Waals surface area contributed by atoms with Crippen LogP contribution >= 0.6 is 0 Å². The first-order valence-corrected chi connectivity index (χ1v) is 10.7. The van der Waals surface area contributed by atoms with Gasteiger partial charge in [-0.05, 0) is 38.1 Å². The molecule has 1 fully saturated rings. The standard InChI is InChI=1S/C24H29N5O2/c1-17(2)29-15-14-28(24(30)19-10-12-20(13-11-19)27(3)4)16-21(29)23-25-22(26-31-23)18-8-6-5-7-9-18/h5-13,17,21H,14-16H2,1-4H3. The lowest BCUT2D eigenvalue weighted by atomic mass is 10.1. The molecule has 0 radical (unpaired) electrons. The van der Waals surface area contributed by atoms with E-state index >= 15 is 0 Å². The van der Waals surface area contributed by atoms with Crippen molar-refractivity contribution in [2.75, 3.05) is 38.6 Å². The Balaban J connectivity index is 1.56. The minimum absolute atomic E-state index is 0.0292. The van der Waals surface area contributed by atoms with Gasteiger partial charge in [0.1, 0.15) is 6.04 Å². The first kappa shape index (κ1) is 21.1. The van der Waals surface area contributed by atoms with Crippen LogP contribution in [0.25, 0.3) is 11.4 Å². The number of carbonyl (C=O) groups excluding carboxylic acids is 1. The molecule has 1 aliphatic heterocycles. The molecule has 0 N–H and O–H groups in total. The predicted octanol–water partition coefficient (Wildman–Crippen LogP) is 3.71. The molecule has 1 saturated heterocycles. The van der Waals surface area contributed by atoms with E-state index in [-0.39, 0.29) is 11.9 Å². The van der Waals surface area contributed by atoms with Crippen molar-refractivity contribution in [1.29, 1.82) is 0 Å². The molecule has 0 bridgehead atoms. The van der Waals surface area contributed by atoms with Crippen molar-refractivity contribution >= 4 is 11.6 Å². The second-order valence-corrected chi connectivity index (χ2v) is 8.36. The molecule has 1 aliphatic rings. The zero-order valence-electron chi connectivity index (χ0n) is 18.5. The van der Waals surface area contributed by atoms with Gasteiger partial charge in [-0.3, -0.25) is 9.69 Å². The summed E-state index contributed by atoms with van der Waals surface area (Å²) in [7, 11) is 3.97. The van der Waals surface area contributed by atoms with Crippen LogP contribution in [0, 0.1) is 0 Å². The molecule has 1 atom stereocenters. The number of rotatable bonds is 5. The topological polar surface area (TPSA) is 65.7 Å². The van der Waals surface area contributed by atoms with Gasteiger partial charge >= 0.3 is 0 Å². The molecule has 3 aromatic rings. The van der Waals surface area contributed by atoms with Gasteiger partial charge < -0.3 is 14.3 Å². The Morgan fingerprint density at radius 2 is 1.77 bits per heavy atom. The SMILES string of the molecule is CC(C)N1CCN(C(=O)c2ccc(N(C)C)cc2)CC1c1nc(-c2ccccc2)no1. The smallest absolute Gasteiger partial charge is 0.253 e. The van der Waals surface area contributed by atoms with Crippen LogP contribution in [-0.4, -0.2) is 65.6 Å². The molecule has 7 nitrogen and oxygen atoms in total. The van der Waals surface area contributed by atoms with Gasteiger partial charge in [0, 0.05) is 56.6 Å². The fourth-order valence-electron chi connectivity index (χ4n) is 3.98. The summed E-state index contributed by atoms with van der Waals surface area (Å²) >= 11 is 0. The van der Waals surface area contributed by atoms with Crippen molar-refractivity contribution in [3.8, 4) is 11.4 Å². The van der Waals surface area contributed by atoms with Gasteiger partial charge in [0.2, 0.25) is 11.7 Å². The number of hydrogen-bond donors (Lipinski definition) is 0. The molecule has 31 heavy (non-hydrogen) atoms. The quantitative estimate of drug-likeness (QED) is 0.628. The van der Waals surface area contributed by atoms with Crippen LogP contribution in [0.4, 0.5) is 5.69 Å². The maximum absolute atomic E-state index is 13.2. The van der Waals surface area contributed by atoms with Crippen LogP contribution in [0.2, 0.25) is 0 Å². The maximum atomic E-state index is 13.2. The lowest BCUT2D eigenvalue weighted by molar-refractivity contribution is 0.0283. The second-order valence-electron chi connectivity index (χ2n) is 8.36. The summed E-state index contributed by atoms with van der Waals surface area (Å²) in [4.78, 5) is 24.1. The number of amides is 1. The van der Waals surface area contributed by atoms with E-state index in [0.29, 0.717) is 36.4 Å². The highest BCUT2D eigenvalue weighted by molar-refractivity contribution is 5.94. The third-order valence-electron chi connectivity index (χ3n) is 5.76. The Morgan fingerprint density at radius 3 is 2.42 bits per heavy atom. The van der Waals surface area contributed by atoms with Crippen molar-refractivity contribution in [3.63, 3.8) is 0 Å². The van der Waals surface area contributed by atoms with E-state index in [1.54, 1.807) is 0 Å². The lowest BCUT2D eigenvalue weighted by Crippen LogP contribution is -2.52. The molecule has 1 unspecified atom stereocenters. The number of piperazine rings is 1. The Hall–Kier alpha value is -3.19. The normalized spacial score (nSPS) is 17.2. The van der Waals surface area contributed by atoms with Crippen molar-refractivity contribution in [2.24, 2.45) is 0 Å². The third-order valence-corrected chi connectivity index (χ3v) is 5.76. The molecule has 4 rings (SSSR count). The zero-order valence-corrected chi connectivity index (χ0v) is 18.5. The van der Waals surface area contributed by atoms with Crippen LogP contribution in [0.1, 0.15) is 36.1 Å². The fourth-order valence-corrected chi connectivity index (χ4v) is 3.98. The fraction of sp³-hybridized carbons (Fsp3) is 0.375. The molecule has 1 amide bonds. The summed E-state index contributed by atoms with van der Waals surface area (Å²) in [5, 5.41) is 4.19. The summed E-state index contributed by atoms with van der Waals surface area (Å²) < 4.78 is 5.67. The highest BCUT2D eigenvalue weighted by Crippen LogP contribution is 2.29. The summed E-state index contributed by atoms with van der Waals surface area (Å²) in [6, 6.07) is 17.7. The van der Waals surface area contributed by atoms with Gasteiger partial charge in [0.15, 0.2) is 0 Å². The summed E-state index contributed by atoms with van der Waals surface area (Å²) in [6.45, 7) is 6.25. The molecule has 0 aliphatic carbocycles. The second kappa shape index (κ2) is 8.89. The average Bonchev–Trinajstić information content (AvgIpc) is 3.29. The summed E-state index contributed by atoms with van der Waals surface area (Å²) in [6.07, 6.45) is 0. The van der Waals surface area contributed by atoms with Crippen molar-refractivity contribution in [3.05, 3.63) is 66.1 Å². The van der Waals surface area contributed by atoms with Crippen LogP contribution in [0.3, 0.4) is 0 Å². The Kier molecular flexibility index (Phi) is 6.04. The molecule has 0 saturated carbocycles. The number of hydrogen-bond acceptors (Lipinski definition) is 6. The van der Waals surface area contributed by atoms with E-state index in [2.05, 4.69) is 28.9 Å². The van der Waals surface area contributed by atoms with Crippen molar-refractivity contribution in [1.82, 2.24) is 19.9 Å². The summed E-state index contributed by atoms with van der Waals surface area (Å²) in [5.74, 6) is 1.15. The molecule has 0 spiro atoms. The minimum Gasteiger partial charge on any atom is -0.378 e. The molecule has 1 aromatic heterocycles. The van der Waals surface area contributed by atoms with Crippen LogP contribution in [-0.2, 0) is 0 Å². The maximum Gasteiger partial charge on any atom is 0.253 e. The minimum atomic E-state index is -0.135. The van der Waals surface area contributed by atoms with E-state index in [1.165, 1.54) is 0 Å². The first-order valence-electron chi connectivity index (χ1n) is 10.7. The number of aromatic nitrogens is 2. The molecule has 162 valence electrons. The number of nitrogens with zero attached hydrogens (tertiary/aromatic N) is 5. The van der Waals surface area contributed by atoms with Crippen molar-refractivity contribution in [2.45, 2.75) is 25.9 Å². The monoisotopic (exact) mass is 419 g/mol. The number of benzene rings is 2. The molecular weight excluding hydrogens is 390 g/mol. The predicted molar refractivity (Wildman–Crippen MR) is 121 cm³/mol. The highest BCUT2D eigenvalue weighted by Gasteiger charge is 2.35. The van der Waals surface area contributed by atoms with E-state index in [4.69, 9.17) is 4.52 Å².